The molecule has 6 heteroatoms. The van der Waals surface area contributed by atoms with Gasteiger partial charge < -0.3 is 5.11 Å². The molecule has 3 nitrogen and oxygen atoms in total. The van der Waals surface area contributed by atoms with Crippen LogP contribution in [0.2, 0.25) is 0 Å². The standard InChI is InChI=1S/C6H9ClO3S2/c1-4(8)12-11-3-6(2,7)5(9)10/h3H2,1-2H3,(H,9,10). The Morgan fingerprint density at radius 2 is 2.08 bits per heavy atom. The molecule has 0 fully saturated rings. The summed E-state index contributed by atoms with van der Waals surface area (Å²) in [5.74, 6) is -0.866. The molecular weight excluding hydrogens is 220 g/mol. The van der Waals surface area contributed by atoms with E-state index in [2.05, 4.69) is 0 Å². The molecule has 0 amide bonds. The van der Waals surface area contributed by atoms with Gasteiger partial charge in [-0.15, -0.1) is 11.6 Å². The number of hydrogen-bond acceptors (Lipinski definition) is 4. The zero-order valence-corrected chi connectivity index (χ0v) is 9.05. The topological polar surface area (TPSA) is 54.4 Å². The summed E-state index contributed by atoms with van der Waals surface area (Å²) in [6, 6.07) is 0. The lowest BCUT2D eigenvalue weighted by Crippen LogP contribution is -2.30. The molecule has 0 spiro atoms. The van der Waals surface area contributed by atoms with Crippen LogP contribution < -0.4 is 0 Å². The summed E-state index contributed by atoms with van der Waals surface area (Å²) in [7, 11) is 2.16. The molecular formula is C6H9ClO3S2. The lowest BCUT2D eigenvalue weighted by molar-refractivity contribution is -0.139. The Labute approximate surface area is 83.6 Å². The van der Waals surface area contributed by atoms with Crippen LogP contribution in [-0.2, 0) is 9.59 Å². The van der Waals surface area contributed by atoms with Crippen LogP contribution in [0.15, 0.2) is 0 Å². The molecule has 0 aliphatic carbocycles. The van der Waals surface area contributed by atoms with E-state index in [0.29, 0.717) is 0 Å². The van der Waals surface area contributed by atoms with Crippen LogP contribution in [0, 0.1) is 0 Å². The van der Waals surface area contributed by atoms with E-state index < -0.39 is 10.8 Å². The van der Waals surface area contributed by atoms with E-state index in [4.69, 9.17) is 16.7 Å². The van der Waals surface area contributed by atoms with Crippen molar-refractivity contribution >= 4 is 44.3 Å². The largest absolute Gasteiger partial charge is 0.480 e. The van der Waals surface area contributed by atoms with Crippen molar-refractivity contribution in [3.63, 3.8) is 0 Å². The molecule has 0 aromatic heterocycles. The van der Waals surface area contributed by atoms with Crippen LogP contribution in [0.3, 0.4) is 0 Å². The molecule has 0 saturated carbocycles. The second-order valence-corrected chi connectivity index (χ2v) is 5.65. The van der Waals surface area contributed by atoms with Crippen molar-refractivity contribution in [2.45, 2.75) is 18.7 Å². The number of alkyl halides is 1. The predicted octanol–water partition coefficient (Wildman–Crippen LogP) is 2.00. The van der Waals surface area contributed by atoms with Gasteiger partial charge in [0.15, 0.2) is 5.12 Å². The molecule has 1 N–H and O–H groups in total. The summed E-state index contributed by atoms with van der Waals surface area (Å²) in [5.41, 5.74) is 0. The first-order chi connectivity index (χ1) is 5.36. The second-order valence-electron chi connectivity index (χ2n) is 2.34. The predicted molar refractivity (Wildman–Crippen MR) is 52.6 cm³/mol. The molecule has 0 aromatic rings. The van der Waals surface area contributed by atoms with Crippen LogP contribution >= 0.6 is 33.2 Å². The Morgan fingerprint density at radius 1 is 1.58 bits per heavy atom. The summed E-state index contributed by atoms with van der Waals surface area (Å²) in [6.45, 7) is 2.83. The fraction of sp³-hybridized carbons (Fsp3) is 0.667. The molecule has 0 saturated heterocycles. The van der Waals surface area contributed by atoms with E-state index in [-0.39, 0.29) is 10.9 Å². The maximum atomic E-state index is 10.5. The number of carbonyl (C=O) groups excluding carboxylic acids is 1. The molecule has 0 rings (SSSR count). The first-order valence-electron chi connectivity index (χ1n) is 3.08. The van der Waals surface area contributed by atoms with Gasteiger partial charge in [-0.1, -0.05) is 10.8 Å². The minimum Gasteiger partial charge on any atom is -0.480 e. The quantitative estimate of drug-likeness (QED) is 0.589. The van der Waals surface area contributed by atoms with Crippen molar-refractivity contribution in [1.82, 2.24) is 0 Å². The van der Waals surface area contributed by atoms with E-state index in [1.807, 2.05) is 0 Å². The molecule has 0 radical (unpaired) electrons. The third-order valence-corrected chi connectivity index (χ3v) is 3.86. The maximum Gasteiger partial charge on any atom is 0.325 e. The smallest absolute Gasteiger partial charge is 0.325 e. The van der Waals surface area contributed by atoms with Crippen molar-refractivity contribution in [2.24, 2.45) is 0 Å². The normalized spacial score (nSPS) is 15.2. The lowest BCUT2D eigenvalue weighted by atomic mass is 10.2. The maximum absolute atomic E-state index is 10.5. The highest BCUT2D eigenvalue weighted by molar-refractivity contribution is 8.82. The molecule has 1 unspecified atom stereocenters. The highest BCUT2D eigenvalue weighted by Crippen LogP contribution is 2.29. The average Bonchev–Trinajstić information content (AvgIpc) is 1.85. The van der Waals surface area contributed by atoms with E-state index in [9.17, 15) is 9.59 Å². The van der Waals surface area contributed by atoms with Crippen LogP contribution in [0.5, 0.6) is 0 Å². The van der Waals surface area contributed by atoms with E-state index in [1.165, 1.54) is 13.8 Å². The third kappa shape index (κ3) is 4.90. The molecule has 0 bridgehead atoms. The molecule has 0 aliphatic rings. The Balaban J connectivity index is 3.76. The lowest BCUT2D eigenvalue weighted by Gasteiger charge is -2.14. The molecule has 1 atom stereocenters. The van der Waals surface area contributed by atoms with Gasteiger partial charge in [-0.2, -0.15) is 0 Å². The summed E-state index contributed by atoms with van der Waals surface area (Å²) >= 11 is 5.61. The Morgan fingerprint density at radius 3 is 2.42 bits per heavy atom. The van der Waals surface area contributed by atoms with Gasteiger partial charge in [-0.05, 0) is 17.7 Å². The van der Waals surface area contributed by atoms with Gasteiger partial charge in [0.05, 0.1) is 0 Å². The first-order valence-corrected chi connectivity index (χ1v) is 5.78. The summed E-state index contributed by atoms with van der Waals surface area (Å²) < 4.78 is 0. The van der Waals surface area contributed by atoms with Crippen LogP contribution in [0.4, 0.5) is 0 Å². The van der Waals surface area contributed by atoms with Gasteiger partial charge in [-0.25, -0.2) is 0 Å². The van der Waals surface area contributed by atoms with Crippen molar-refractivity contribution in [1.29, 1.82) is 0 Å². The molecule has 70 valence electrons. The van der Waals surface area contributed by atoms with Crippen molar-refractivity contribution < 1.29 is 14.7 Å². The average molecular weight is 229 g/mol. The fourth-order valence-corrected chi connectivity index (χ4v) is 2.59. The van der Waals surface area contributed by atoms with E-state index in [0.717, 1.165) is 21.6 Å². The number of carboxylic acids is 1. The number of rotatable bonds is 4. The van der Waals surface area contributed by atoms with Gasteiger partial charge in [-0.3, -0.25) is 9.59 Å². The molecule has 12 heavy (non-hydrogen) atoms. The van der Waals surface area contributed by atoms with Gasteiger partial charge in [0.1, 0.15) is 4.87 Å². The Kier molecular flexibility index (Phi) is 5.04. The first kappa shape index (κ1) is 12.1. The number of aliphatic carboxylic acids is 1. The Hall–Kier alpha value is 0.130. The van der Waals surface area contributed by atoms with Gasteiger partial charge >= 0.3 is 5.97 Å². The summed E-state index contributed by atoms with van der Waals surface area (Å²) in [6.07, 6.45) is 0. The Bertz CT molecular complexity index is 193. The van der Waals surface area contributed by atoms with Gasteiger partial charge in [0, 0.05) is 12.7 Å². The van der Waals surface area contributed by atoms with E-state index in [1.54, 1.807) is 0 Å². The highest BCUT2D eigenvalue weighted by Gasteiger charge is 2.30. The minimum absolute atomic E-state index is 0.0575. The minimum atomic E-state index is -1.28. The number of carboxylic acid groups (broad SMARTS) is 1. The van der Waals surface area contributed by atoms with E-state index >= 15 is 0 Å². The van der Waals surface area contributed by atoms with Gasteiger partial charge in [0.25, 0.3) is 0 Å². The fourth-order valence-electron chi connectivity index (χ4n) is 0.285. The number of halogens is 1. The number of carbonyl (C=O) groups is 2. The van der Waals surface area contributed by atoms with Crippen molar-refractivity contribution in [3.8, 4) is 0 Å². The molecule has 0 aromatic carbocycles. The van der Waals surface area contributed by atoms with Crippen molar-refractivity contribution in [3.05, 3.63) is 0 Å². The number of hydrogen-bond donors (Lipinski definition) is 1. The highest BCUT2D eigenvalue weighted by atomic mass is 35.5. The summed E-state index contributed by atoms with van der Waals surface area (Å²) in [4.78, 5) is 19.6. The summed E-state index contributed by atoms with van der Waals surface area (Å²) in [5, 5.41) is 8.51. The van der Waals surface area contributed by atoms with Crippen LogP contribution in [-0.4, -0.2) is 26.8 Å². The zero-order valence-electron chi connectivity index (χ0n) is 6.67. The van der Waals surface area contributed by atoms with Crippen LogP contribution in [0.1, 0.15) is 13.8 Å². The molecule has 0 heterocycles. The second kappa shape index (κ2) is 4.99. The molecule has 0 aliphatic heterocycles. The zero-order chi connectivity index (χ0) is 9.78. The monoisotopic (exact) mass is 228 g/mol. The third-order valence-electron chi connectivity index (χ3n) is 0.952. The van der Waals surface area contributed by atoms with Crippen LogP contribution in [0.25, 0.3) is 0 Å². The van der Waals surface area contributed by atoms with Crippen molar-refractivity contribution in [2.75, 3.05) is 5.75 Å². The van der Waals surface area contributed by atoms with Gasteiger partial charge in [0.2, 0.25) is 0 Å². The SMILES string of the molecule is CC(=O)SSCC(C)(Cl)C(=O)O.